The Labute approximate surface area is 178 Å². The van der Waals surface area contributed by atoms with E-state index in [4.69, 9.17) is 9.47 Å². The van der Waals surface area contributed by atoms with Gasteiger partial charge in [-0.25, -0.2) is 4.39 Å². The van der Waals surface area contributed by atoms with Gasteiger partial charge in [0.1, 0.15) is 17.3 Å². The van der Waals surface area contributed by atoms with Gasteiger partial charge >= 0.3 is 0 Å². The first-order valence-electron chi connectivity index (χ1n) is 10.4. The van der Waals surface area contributed by atoms with Crippen molar-refractivity contribution in [3.05, 3.63) is 95.3 Å². The number of nitrogens with one attached hydrogen (secondary N) is 1. The number of methoxy groups -OCH3 is 1. The van der Waals surface area contributed by atoms with Crippen LogP contribution in [0.5, 0.6) is 11.5 Å². The lowest BCUT2D eigenvalue weighted by Gasteiger charge is -2.19. The van der Waals surface area contributed by atoms with Crippen LogP contribution in [-0.2, 0) is 6.54 Å². The molecule has 0 amide bonds. The summed E-state index contributed by atoms with van der Waals surface area (Å²) in [6, 6.07) is 23.1. The Kier molecular flexibility index (Phi) is 7.86. The maximum absolute atomic E-state index is 13.4. The zero-order valence-corrected chi connectivity index (χ0v) is 17.9. The van der Waals surface area contributed by atoms with Crippen molar-refractivity contribution >= 4 is 0 Å². The molecule has 0 radical (unpaired) electrons. The first-order chi connectivity index (χ1) is 14.5. The molecule has 0 heterocycles. The number of hydrogen-bond acceptors (Lipinski definition) is 3. The van der Waals surface area contributed by atoms with Crippen molar-refractivity contribution in [2.45, 2.75) is 38.8 Å². The monoisotopic (exact) mass is 407 g/mol. The van der Waals surface area contributed by atoms with Crippen LogP contribution in [0.1, 0.15) is 42.9 Å². The molecule has 3 aromatic carbocycles. The lowest BCUT2D eigenvalue weighted by molar-refractivity contribution is 0.242. The van der Waals surface area contributed by atoms with E-state index >= 15 is 0 Å². The summed E-state index contributed by atoms with van der Waals surface area (Å²) in [5, 5.41) is 3.52. The molecule has 1 atom stereocenters. The van der Waals surface area contributed by atoms with Crippen LogP contribution in [0.25, 0.3) is 0 Å². The third-order valence-electron chi connectivity index (χ3n) is 5.02. The second-order valence-electron chi connectivity index (χ2n) is 7.65. The third kappa shape index (κ3) is 6.33. The minimum absolute atomic E-state index is 0.144. The summed E-state index contributed by atoms with van der Waals surface area (Å²) < 4.78 is 24.4. The molecule has 3 aromatic rings. The molecule has 3 nitrogen and oxygen atoms in total. The van der Waals surface area contributed by atoms with Crippen LogP contribution in [-0.4, -0.2) is 19.8 Å². The average Bonchev–Trinajstić information content (AvgIpc) is 2.75. The molecule has 30 heavy (non-hydrogen) atoms. The summed E-state index contributed by atoms with van der Waals surface area (Å²) in [7, 11) is 1.67. The smallest absolute Gasteiger partial charge is 0.123 e. The molecule has 0 aliphatic heterocycles. The van der Waals surface area contributed by atoms with E-state index in [-0.39, 0.29) is 17.8 Å². The molecule has 1 N–H and O–H groups in total. The van der Waals surface area contributed by atoms with Crippen molar-refractivity contribution in [2.24, 2.45) is 0 Å². The normalized spacial score (nSPS) is 12.0. The Morgan fingerprint density at radius 2 is 1.37 bits per heavy atom. The first kappa shape index (κ1) is 21.8. The number of benzene rings is 3. The minimum Gasteiger partial charge on any atom is -0.497 e. The fraction of sp³-hybridized carbons (Fsp3) is 0.308. The van der Waals surface area contributed by atoms with Crippen LogP contribution < -0.4 is 14.8 Å². The molecule has 0 bridgehead atoms. The lowest BCUT2D eigenvalue weighted by atomic mass is 9.88. The topological polar surface area (TPSA) is 30.5 Å². The zero-order chi connectivity index (χ0) is 21.3. The van der Waals surface area contributed by atoms with Gasteiger partial charge in [-0.15, -0.1) is 0 Å². The van der Waals surface area contributed by atoms with Gasteiger partial charge in [0.25, 0.3) is 0 Å². The summed E-state index contributed by atoms with van der Waals surface area (Å²) in [6.45, 7) is 5.67. The highest BCUT2D eigenvalue weighted by Crippen LogP contribution is 2.29. The summed E-state index contributed by atoms with van der Waals surface area (Å²) in [4.78, 5) is 0. The van der Waals surface area contributed by atoms with Gasteiger partial charge in [-0.1, -0.05) is 36.4 Å². The van der Waals surface area contributed by atoms with Gasteiger partial charge in [0, 0.05) is 12.5 Å². The number of halogens is 1. The summed E-state index contributed by atoms with van der Waals surface area (Å²) in [5.41, 5.74) is 3.52. The number of hydrogen-bond donors (Lipinski definition) is 1. The maximum atomic E-state index is 13.4. The van der Waals surface area contributed by atoms with Crippen LogP contribution in [0.2, 0.25) is 0 Å². The summed E-state index contributed by atoms with van der Waals surface area (Å²) in [6.07, 6.45) is 1.05. The molecule has 0 spiro atoms. The van der Waals surface area contributed by atoms with Gasteiger partial charge in [0.15, 0.2) is 0 Å². The average molecular weight is 408 g/mol. The highest BCUT2D eigenvalue weighted by molar-refractivity contribution is 5.36. The van der Waals surface area contributed by atoms with Gasteiger partial charge in [0.2, 0.25) is 0 Å². The van der Waals surface area contributed by atoms with Crippen molar-refractivity contribution in [3.63, 3.8) is 0 Å². The Morgan fingerprint density at radius 3 is 1.93 bits per heavy atom. The first-order valence-corrected chi connectivity index (χ1v) is 10.4. The van der Waals surface area contributed by atoms with E-state index in [2.05, 4.69) is 29.6 Å². The lowest BCUT2D eigenvalue weighted by Crippen LogP contribution is -2.18. The maximum Gasteiger partial charge on any atom is 0.123 e. The van der Waals surface area contributed by atoms with E-state index < -0.39 is 0 Å². The van der Waals surface area contributed by atoms with E-state index in [0.717, 1.165) is 36.6 Å². The molecular weight excluding hydrogens is 377 g/mol. The van der Waals surface area contributed by atoms with Gasteiger partial charge in [-0.05, 0) is 79.9 Å². The molecule has 0 unspecified atom stereocenters. The van der Waals surface area contributed by atoms with Crippen molar-refractivity contribution in [1.29, 1.82) is 0 Å². The second-order valence-corrected chi connectivity index (χ2v) is 7.65. The molecule has 0 aliphatic carbocycles. The Hall–Kier alpha value is -2.85. The largest absolute Gasteiger partial charge is 0.497 e. The molecule has 158 valence electrons. The van der Waals surface area contributed by atoms with Crippen molar-refractivity contribution in [3.8, 4) is 11.5 Å². The molecule has 0 aliphatic rings. The Morgan fingerprint density at radius 1 is 0.800 bits per heavy atom. The molecule has 0 saturated heterocycles. The van der Waals surface area contributed by atoms with Crippen molar-refractivity contribution in [2.75, 3.05) is 13.7 Å². The van der Waals surface area contributed by atoms with Crippen LogP contribution in [0.4, 0.5) is 4.39 Å². The standard InChI is InChI=1S/C26H30FNO2/c1-19(2)30-25-14-8-22(9-15-25)26(21-6-10-23(27)11-7-21)16-17-28-18-20-4-12-24(29-3)13-5-20/h4-15,19,26,28H,16-18H2,1-3H3/t26-/m1/s1. The fourth-order valence-electron chi connectivity index (χ4n) is 3.49. The number of ether oxygens (including phenoxy) is 2. The van der Waals surface area contributed by atoms with Gasteiger partial charge in [-0.2, -0.15) is 0 Å². The van der Waals surface area contributed by atoms with Gasteiger partial charge in [-0.3, -0.25) is 0 Å². The molecule has 0 fully saturated rings. The summed E-state index contributed by atoms with van der Waals surface area (Å²) >= 11 is 0. The predicted octanol–water partition coefficient (Wildman–Crippen LogP) is 5.93. The highest BCUT2D eigenvalue weighted by atomic mass is 19.1. The molecule has 0 aromatic heterocycles. The molecular formula is C26H30FNO2. The Balaban J connectivity index is 1.66. The van der Waals surface area contributed by atoms with Crippen molar-refractivity contribution < 1.29 is 13.9 Å². The second kappa shape index (κ2) is 10.8. The fourth-order valence-corrected chi connectivity index (χ4v) is 3.49. The molecule has 3 rings (SSSR count). The minimum atomic E-state index is -0.212. The highest BCUT2D eigenvalue weighted by Gasteiger charge is 2.14. The van der Waals surface area contributed by atoms with E-state index in [0.29, 0.717) is 0 Å². The SMILES string of the molecule is COc1ccc(CNCC[C@H](c2ccc(F)cc2)c2ccc(OC(C)C)cc2)cc1. The van der Waals surface area contributed by atoms with Crippen LogP contribution >= 0.6 is 0 Å². The number of rotatable bonds is 10. The van der Waals surface area contributed by atoms with E-state index in [1.54, 1.807) is 7.11 Å². The van der Waals surface area contributed by atoms with Crippen LogP contribution in [0.3, 0.4) is 0 Å². The van der Waals surface area contributed by atoms with Crippen molar-refractivity contribution in [1.82, 2.24) is 5.32 Å². The zero-order valence-electron chi connectivity index (χ0n) is 17.9. The predicted molar refractivity (Wildman–Crippen MR) is 120 cm³/mol. The third-order valence-corrected chi connectivity index (χ3v) is 5.02. The summed E-state index contributed by atoms with van der Waals surface area (Å²) in [5.74, 6) is 1.70. The van der Waals surface area contributed by atoms with E-state index in [9.17, 15) is 4.39 Å². The van der Waals surface area contributed by atoms with Crippen LogP contribution in [0, 0.1) is 5.82 Å². The van der Waals surface area contributed by atoms with Gasteiger partial charge in [0.05, 0.1) is 13.2 Å². The van der Waals surface area contributed by atoms with Gasteiger partial charge < -0.3 is 14.8 Å². The van der Waals surface area contributed by atoms with E-state index in [1.807, 2.05) is 50.2 Å². The quantitative estimate of drug-likeness (QED) is 0.422. The van der Waals surface area contributed by atoms with Crippen LogP contribution in [0.15, 0.2) is 72.8 Å². The molecule has 4 heteroatoms. The Bertz CT molecular complexity index is 890. The molecule has 0 saturated carbocycles. The van der Waals surface area contributed by atoms with E-state index in [1.165, 1.54) is 23.3 Å².